The molecule has 0 aliphatic carbocycles. The summed E-state index contributed by atoms with van der Waals surface area (Å²) in [5.74, 6) is 1.75. The van der Waals surface area contributed by atoms with Gasteiger partial charge in [0.2, 0.25) is 5.91 Å². The zero-order valence-electron chi connectivity index (χ0n) is 21.7. The zero-order valence-corrected chi connectivity index (χ0v) is 21.7. The number of benzene rings is 2. The number of piperidine rings is 1. The Morgan fingerprint density at radius 3 is 2.63 bits per heavy atom. The molecule has 1 fully saturated rings. The standard InChI is InChI=1S/C29H34N4O5/c1-36-23-4-5-24-21(3-7-28(30)34)17-29(35)33(25(24)18-23)13-12-32-10-8-22(9-11-32)31-19-20-2-6-26-27(16-20)38-15-14-37-26/h2-7,16-18,22,31H,8-15,19H2,1H3,(H2,30,34)/b7-3+. The summed E-state index contributed by atoms with van der Waals surface area (Å²) < 4.78 is 18.5. The molecule has 3 N–H and O–H groups in total. The van der Waals surface area contributed by atoms with Gasteiger partial charge >= 0.3 is 0 Å². The van der Waals surface area contributed by atoms with Crippen LogP contribution >= 0.6 is 0 Å². The molecular weight excluding hydrogens is 484 g/mol. The summed E-state index contributed by atoms with van der Waals surface area (Å²) in [7, 11) is 1.60. The third kappa shape index (κ3) is 6.00. The van der Waals surface area contributed by atoms with E-state index in [1.54, 1.807) is 23.8 Å². The molecule has 5 rings (SSSR count). The molecule has 3 aromatic rings. The highest BCUT2D eigenvalue weighted by Gasteiger charge is 2.20. The fraction of sp³-hybridized carbons (Fsp3) is 0.379. The SMILES string of the molecule is COc1ccc2c(/C=C/C(N)=O)cc(=O)n(CCN3CCC(NCc4ccc5c(c4)OCCO5)CC3)c2c1. The van der Waals surface area contributed by atoms with Crippen molar-refractivity contribution in [3.05, 3.63) is 70.0 Å². The molecule has 9 nitrogen and oxygen atoms in total. The molecule has 2 aliphatic rings. The second kappa shape index (κ2) is 11.7. The van der Waals surface area contributed by atoms with Gasteiger partial charge in [-0.1, -0.05) is 6.07 Å². The first-order valence-electron chi connectivity index (χ1n) is 13.0. The highest BCUT2D eigenvalue weighted by molar-refractivity contribution is 5.95. The number of pyridine rings is 1. The lowest BCUT2D eigenvalue weighted by Gasteiger charge is -2.32. The molecule has 1 saturated heterocycles. The van der Waals surface area contributed by atoms with Gasteiger partial charge in [-0.15, -0.1) is 0 Å². The minimum Gasteiger partial charge on any atom is -0.497 e. The number of hydrogen-bond acceptors (Lipinski definition) is 7. The lowest BCUT2D eigenvalue weighted by atomic mass is 10.0. The average molecular weight is 519 g/mol. The molecular formula is C29H34N4O5. The van der Waals surface area contributed by atoms with Gasteiger partial charge in [-0.25, -0.2) is 0 Å². The number of nitrogens with two attached hydrogens (primary N) is 1. The number of hydrogen-bond donors (Lipinski definition) is 2. The highest BCUT2D eigenvalue weighted by atomic mass is 16.6. The number of methoxy groups -OCH3 is 1. The molecule has 0 saturated carbocycles. The fourth-order valence-electron chi connectivity index (χ4n) is 5.12. The molecule has 2 aromatic carbocycles. The number of carbonyl (C=O) groups excluding carboxylic acids is 1. The average Bonchev–Trinajstić information content (AvgIpc) is 2.94. The minimum absolute atomic E-state index is 0.120. The van der Waals surface area contributed by atoms with E-state index in [4.69, 9.17) is 19.9 Å². The quantitative estimate of drug-likeness (QED) is 0.419. The summed E-state index contributed by atoms with van der Waals surface area (Å²) in [6, 6.07) is 13.8. The van der Waals surface area contributed by atoms with Gasteiger partial charge in [0.25, 0.3) is 5.56 Å². The molecule has 0 unspecified atom stereocenters. The summed E-state index contributed by atoms with van der Waals surface area (Å²) in [5.41, 5.74) is 7.77. The van der Waals surface area contributed by atoms with Crippen LogP contribution in [0.3, 0.4) is 0 Å². The van der Waals surface area contributed by atoms with E-state index >= 15 is 0 Å². The Morgan fingerprint density at radius 2 is 1.87 bits per heavy atom. The van der Waals surface area contributed by atoms with Gasteiger partial charge in [-0.3, -0.25) is 9.59 Å². The molecule has 2 aliphatic heterocycles. The maximum Gasteiger partial charge on any atom is 0.251 e. The van der Waals surface area contributed by atoms with Crippen LogP contribution in [0.25, 0.3) is 17.0 Å². The van der Waals surface area contributed by atoms with Crippen molar-refractivity contribution in [1.29, 1.82) is 0 Å². The van der Waals surface area contributed by atoms with E-state index in [-0.39, 0.29) is 5.56 Å². The lowest BCUT2D eigenvalue weighted by molar-refractivity contribution is -0.113. The number of nitrogens with zero attached hydrogens (tertiary/aromatic N) is 2. The Hall–Kier alpha value is -3.82. The van der Waals surface area contributed by atoms with Gasteiger partial charge in [-0.05, 0) is 67.4 Å². The van der Waals surface area contributed by atoms with Crippen LogP contribution in [-0.4, -0.2) is 61.4 Å². The van der Waals surface area contributed by atoms with Crippen molar-refractivity contribution in [1.82, 2.24) is 14.8 Å². The molecule has 0 atom stereocenters. The molecule has 9 heteroatoms. The van der Waals surface area contributed by atoms with Crippen LogP contribution in [0.15, 0.2) is 53.3 Å². The van der Waals surface area contributed by atoms with Crippen molar-refractivity contribution in [3.63, 3.8) is 0 Å². The molecule has 0 spiro atoms. The van der Waals surface area contributed by atoms with Crippen molar-refractivity contribution in [2.24, 2.45) is 5.73 Å². The Kier molecular flexibility index (Phi) is 7.95. The van der Waals surface area contributed by atoms with E-state index in [0.29, 0.717) is 37.1 Å². The Bertz CT molecular complexity index is 1390. The maximum absolute atomic E-state index is 13.1. The minimum atomic E-state index is -0.556. The molecule has 1 aromatic heterocycles. The first-order chi connectivity index (χ1) is 18.5. The lowest BCUT2D eigenvalue weighted by Crippen LogP contribution is -2.43. The summed E-state index contributed by atoms with van der Waals surface area (Å²) in [6.45, 7) is 5.26. The predicted molar refractivity (Wildman–Crippen MR) is 147 cm³/mol. The Balaban J connectivity index is 1.19. The third-order valence-electron chi connectivity index (χ3n) is 7.21. The highest BCUT2D eigenvalue weighted by Crippen LogP contribution is 2.31. The largest absolute Gasteiger partial charge is 0.497 e. The summed E-state index contributed by atoms with van der Waals surface area (Å²) in [6.07, 6.45) is 4.95. The van der Waals surface area contributed by atoms with Crippen molar-refractivity contribution < 1.29 is 19.0 Å². The van der Waals surface area contributed by atoms with Crippen molar-refractivity contribution in [3.8, 4) is 17.2 Å². The van der Waals surface area contributed by atoms with Crippen LogP contribution in [0.1, 0.15) is 24.0 Å². The van der Waals surface area contributed by atoms with Gasteiger partial charge in [0.05, 0.1) is 12.6 Å². The van der Waals surface area contributed by atoms with E-state index in [9.17, 15) is 9.59 Å². The second-order valence-corrected chi connectivity index (χ2v) is 9.68. The Morgan fingerprint density at radius 1 is 1.08 bits per heavy atom. The molecule has 200 valence electrons. The normalized spacial score (nSPS) is 16.2. The second-order valence-electron chi connectivity index (χ2n) is 9.68. The smallest absolute Gasteiger partial charge is 0.251 e. The van der Waals surface area contributed by atoms with E-state index in [1.165, 1.54) is 11.6 Å². The van der Waals surface area contributed by atoms with Gasteiger partial charge in [0, 0.05) is 49.3 Å². The van der Waals surface area contributed by atoms with Crippen LogP contribution in [0.5, 0.6) is 17.2 Å². The number of rotatable bonds is 9. The molecule has 1 amide bonds. The number of carbonyl (C=O) groups is 1. The van der Waals surface area contributed by atoms with Crippen molar-refractivity contribution >= 4 is 22.9 Å². The van der Waals surface area contributed by atoms with Gasteiger partial charge in [-0.2, -0.15) is 0 Å². The van der Waals surface area contributed by atoms with E-state index in [0.717, 1.165) is 61.4 Å². The van der Waals surface area contributed by atoms with Gasteiger partial charge in [0.1, 0.15) is 19.0 Å². The van der Waals surface area contributed by atoms with E-state index < -0.39 is 5.91 Å². The fourth-order valence-corrected chi connectivity index (χ4v) is 5.12. The number of fused-ring (bicyclic) bond motifs is 2. The zero-order chi connectivity index (χ0) is 26.5. The number of primary amides is 1. The Labute approximate surface area is 221 Å². The van der Waals surface area contributed by atoms with Gasteiger partial charge in [0.15, 0.2) is 11.5 Å². The third-order valence-corrected chi connectivity index (χ3v) is 7.21. The molecule has 3 heterocycles. The van der Waals surface area contributed by atoms with Gasteiger partial charge < -0.3 is 34.7 Å². The number of ether oxygens (including phenoxy) is 3. The molecule has 38 heavy (non-hydrogen) atoms. The maximum atomic E-state index is 13.1. The monoisotopic (exact) mass is 518 g/mol. The topological polar surface area (TPSA) is 108 Å². The first kappa shape index (κ1) is 25.8. The van der Waals surface area contributed by atoms with Crippen LogP contribution < -0.4 is 30.8 Å². The van der Waals surface area contributed by atoms with E-state index in [2.05, 4.69) is 22.3 Å². The van der Waals surface area contributed by atoms with Crippen LogP contribution in [0, 0.1) is 0 Å². The van der Waals surface area contributed by atoms with Crippen molar-refractivity contribution in [2.45, 2.75) is 32.0 Å². The first-order valence-corrected chi connectivity index (χ1v) is 13.0. The van der Waals surface area contributed by atoms with Crippen LogP contribution in [0.2, 0.25) is 0 Å². The molecule has 0 radical (unpaired) electrons. The van der Waals surface area contributed by atoms with Crippen LogP contribution in [0.4, 0.5) is 0 Å². The summed E-state index contributed by atoms with van der Waals surface area (Å²) in [4.78, 5) is 26.7. The molecule has 0 bridgehead atoms. The number of amides is 1. The number of nitrogens with one attached hydrogen (secondary N) is 1. The number of aromatic nitrogens is 1. The van der Waals surface area contributed by atoms with Crippen LogP contribution in [-0.2, 0) is 17.9 Å². The predicted octanol–water partition coefficient (Wildman–Crippen LogP) is 2.53. The van der Waals surface area contributed by atoms with Crippen molar-refractivity contribution in [2.75, 3.05) is 40.0 Å². The number of likely N-dealkylation sites (tertiary alicyclic amines) is 1. The summed E-state index contributed by atoms with van der Waals surface area (Å²) in [5, 5.41) is 4.55. The summed E-state index contributed by atoms with van der Waals surface area (Å²) >= 11 is 0. The van der Waals surface area contributed by atoms with E-state index in [1.807, 2.05) is 24.3 Å².